The maximum absolute atomic E-state index is 14.1. The summed E-state index contributed by atoms with van der Waals surface area (Å²) in [5.74, 6) is -1.24. The van der Waals surface area contributed by atoms with E-state index in [0.29, 0.717) is 24.0 Å². The predicted octanol–water partition coefficient (Wildman–Crippen LogP) is 3.42. The lowest BCUT2D eigenvalue weighted by Gasteiger charge is -2.34. The van der Waals surface area contributed by atoms with Crippen LogP contribution in [0.15, 0.2) is 18.2 Å². The quantitative estimate of drug-likeness (QED) is 0.854. The fraction of sp³-hybridized carbons (Fsp3) is 0.500. The Hall–Kier alpha value is -1.38. The zero-order valence-corrected chi connectivity index (χ0v) is 10.0. The van der Waals surface area contributed by atoms with Gasteiger partial charge in [-0.25, -0.2) is 4.39 Å². The molecule has 0 aliphatic heterocycles. The fourth-order valence-electron chi connectivity index (χ4n) is 2.77. The van der Waals surface area contributed by atoms with Crippen molar-refractivity contribution in [3.05, 3.63) is 35.1 Å². The van der Waals surface area contributed by atoms with Crippen molar-refractivity contribution in [3.8, 4) is 0 Å². The summed E-state index contributed by atoms with van der Waals surface area (Å²) in [4.78, 5) is 11.6. The first-order valence-electron chi connectivity index (χ1n) is 6.07. The Bertz CT molecular complexity index is 434. The molecule has 0 spiro atoms. The van der Waals surface area contributed by atoms with Gasteiger partial charge < -0.3 is 5.11 Å². The van der Waals surface area contributed by atoms with Crippen LogP contribution in [0.2, 0.25) is 0 Å². The van der Waals surface area contributed by atoms with Gasteiger partial charge in [0.25, 0.3) is 0 Å². The van der Waals surface area contributed by atoms with Crippen LogP contribution >= 0.6 is 0 Å². The summed E-state index contributed by atoms with van der Waals surface area (Å²) in [6.07, 6.45) is 3.85. The van der Waals surface area contributed by atoms with Crippen LogP contribution in [0.4, 0.5) is 4.39 Å². The lowest BCUT2D eigenvalue weighted by Crippen LogP contribution is -2.38. The molecule has 1 aliphatic rings. The Kier molecular flexibility index (Phi) is 3.18. The summed E-state index contributed by atoms with van der Waals surface area (Å²) in [5.41, 5.74) is -0.118. The smallest absolute Gasteiger partial charge is 0.314 e. The van der Waals surface area contributed by atoms with Crippen LogP contribution in [0.5, 0.6) is 0 Å². The molecule has 1 saturated carbocycles. The molecule has 0 radical (unpaired) electrons. The van der Waals surface area contributed by atoms with E-state index in [9.17, 15) is 14.3 Å². The van der Waals surface area contributed by atoms with Gasteiger partial charge in [0.1, 0.15) is 5.82 Å². The van der Waals surface area contributed by atoms with Crippen molar-refractivity contribution in [2.45, 2.75) is 44.4 Å². The van der Waals surface area contributed by atoms with Crippen LogP contribution in [0.3, 0.4) is 0 Å². The Balaban J connectivity index is 2.53. The van der Waals surface area contributed by atoms with Gasteiger partial charge in [0.2, 0.25) is 0 Å². The summed E-state index contributed by atoms with van der Waals surface area (Å²) in [5, 5.41) is 9.49. The molecule has 1 aromatic rings. The molecule has 0 aromatic heterocycles. The van der Waals surface area contributed by atoms with Crippen LogP contribution in [0, 0.1) is 12.7 Å². The molecule has 2 rings (SSSR count). The topological polar surface area (TPSA) is 37.3 Å². The molecule has 92 valence electrons. The fourth-order valence-corrected chi connectivity index (χ4v) is 2.77. The van der Waals surface area contributed by atoms with Crippen molar-refractivity contribution in [3.63, 3.8) is 0 Å². The minimum atomic E-state index is -1.01. The monoisotopic (exact) mass is 236 g/mol. The zero-order chi connectivity index (χ0) is 12.5. The molecule has 1 aliphatic carbocycles. The molecule has 2 nitrogen and oxygen atoms in total. The molecular formula is C14H17FO2. The van der Waals surface area contributed by atoms with Crippen LogP contribution in [-0.4, -0.2) is 11.1 Å². The highest BCUT2D eigenvalue weighted by Gasteiger charge is 2.43. The molecule has 0 bridgehead atoms. The van der Waals surface area contributed by atoms with Crippen LogP contribution in [0.1, 0.15) is 43.2 Å². The van der Waals surface area contributed by atoms with E-state index < -0.39 is 11.4 Å². The maximum atomic E-state index is 14.1. The number of aliphatic carboxylic acids is 1. The highest BCUT2D eigenvalue weighted by atomic mass is 19.1. The second-order valence-electron chi connectivity index (χ2n) is 4.88. The van der Waals surface area contributed by atoms with Gasteiger partial charge in [-0.3, -0.25) is 4.79 Å². The highest BCUT2D eigenvalue weighted by molar-refractivity contribution is 5.81. The number of aryl methyl sites for hydroxylation is 1. The molecule has 1 fully saturated rings. The third kappa shape index (κ3) is 1.94. The summed E-state index contributed by atoms with van der Waals surface area (Å²) in [7, 11) is 0. The summed E-state index contributed by atoms with van der Waals surface area (Å²) in [6.45, 7) is 1.68. The van der Waals surface area contributed by atoms with E-state index in [4.69, 9.17) is 0 Å². The average Bonchev–Trinajstić information content (AvgIpc) is 2.33. The first kappa shape index (κ1) is 12.1. The van der Waals surface area contributed by atoms with Gasteiger partial charge in [-0.1, -0.05) is 37.5 Å². The van der Waals surface area contributed by atoms with E-state index in [0.717, 1.165) is 19.3 Å². The first-order valence-corrected chi connectivity index (χ1v) is 6.07. The normalized spacial score (nSPS) is 18.9. The summed E-state index contributed by atoms with van der Waals surface area (Å²) < 4.78 is 14.1. The second-order valence-corrected chi connectivity index (χ2v) is 4.88. The Morgan fingerprint density at radius 3 is 2.53 bits per heavy atom. The maximum Gasteiger partial charge on any atom is 0.314 e. The third-order valence-corrected chi connectivity index (χ3v) is 3.82. The SMILES string of the molecule is Cc1cccc(C2(C(=O)O)CCCCC2)c1F. The Labute approximate surface area is 100 Å². The number of carbonyl (C=O) groups is 1. The predicted molar refractivity (Wildman–Crippen MR) is 63.5 cm³/mol. The van der Waals surface area contributed by atoms with E-state index in [1.165, 1.54) is 0 Å². The molecule has 1 N–H and O–H groups in total. The van der Waals surface area contributed by atoms with Gasteiger partial charge in [-0.2, -0.15) is 0 Å². The van der Waals surface area contributed by atoms with Gasteiger partial charge in [-0.15, -0.1) is 0 Å². The van der Waals surface area contributed by atoms with Crippen LogP contribution in [0.25, 0.3) is 0 Å². The van der Waals surface area contributed by atoms with E-state index in [1.807, 2.05) is 0 Å². The highest BCUT2D eigenvalue weighted by Crippen LogP contribution is 2.41. The van der Waals surface area contributed by atoms with Crippen LogP contribution in [-0.2, 0) is 10.2 Å². The van der Waals surface area contributed by atoms with Crippen molar-refractivity contribution in [2.24, 2.45) is 0 Å². The standard InChI is InChI=1S/C14H17FO2/c1-10-6-5-7-11(12(10)15)14(13(16)17)8-3-2-4-9-14/h5-7H,2-4,8-9H2,1H3,(H,16,17). The first-order chi connectivity index (χ1) is 8.08. The van der Waals surface area contributed by atoms with E-state index in [2.05, 4.69) is 0 Å². The second kappa shape index (κ2) is 4.47. The van der Waals surface area contributed by atoms with Crippen molar-refractivity contribution >= 4 is 5.97 Å². The molecule has 0 saturated heterocycles. The zero-order valence-electron chi connectivity index (χ0n) is 10.0. The van der Waals surface area contributed by atoms with E-state index >= 15 is 0 Å². The number of halogens is 1. The molecule has 0 atom stereocenters. The molecule has 0 unspecified atom stereocenters. The molecule has 0 amide bonds. The van der Waals surface area contributed by atoms with Crippen molar-refractivity contribution < 1.29 is 14.3 Å². The van der Waals surface area contributed by atoms with Crippen molar-refractivity contribution in [2.75, 3.05) is 0 Å². The molecule has 3 heteroatoms. The minimum absolute atomic E-state index is 0.350. The molecule has 1 aromatic carbocycles. The third-order valence-electron chi connectivity index (χ3n) is 3.82. The molecule has 17 heavy (non-hydrogen) atoms. The minimum Gasteiger partial charge on any atom is -0.481 e. The van der Waals surface area contributed by atoms with Gasteiger partial charge in [-0.05, 0) is 25.3 Å². The summed E-state index contributed by atoms with van der Waals surface area (Å²) in [6, 6.07) is 5.05. The van der Waals surface area contributed by atoms with Gasteiger partial charge in [0.15, 0.2) is 0 Å². The van der Waals surface area contributed by atoms with Gasteiger partial charge in [0, 0.05) is 5.56 Å². The largest absolute Gasteiger partial charge is 0.481 e. The van der Waals surface area contributed by atoms with Gasteiger partial charge in [0.05, 0.1) is 5.41 Å². The lowest BCUT2D eigenvalue weighted by atomic mass is 9.69. The summed E-state index contributed by atoms with van der Waals surface area (Å²) >= 11 is 0. The van der Waals surface area contributed by atoms with E-state index in [1.54, 1.807) is 25.1 Å². The Morgan fingerprint density at radius 1 is 1.29 bits per heavy atom. The molecular weight excluding hydrogens is 219 g/mol. The number of carboxylic acid groups (broad SMARTS) is 1. The number of hydrogen-bond acceptors (Lipinski definition) is 1. The van der Waals surface area contributed by atoms with Crippen molar-refractivity contribution in [1.29, 1.82) is 0 Å². The number of hydrogen-bond donors (Lipinski definition) is 1. The number of carboxylic acids is 1. The van der Waals surface area contributed by atoms with Crippen LogP contribution < -0.4 is 0 Å². The van der Waals surface area contributed by atoms with Gasteiger partial charge >= 0.3 is 5.97 Å². The number of rotatable bonds is 2. The van der Waals surface area contributed by atoms with E-state index in [-0.39, 0.29) is 5.82 Å². The van der Waals surface area contributed by atoms with Crippen molar-refractivity contribution in [1.82, 2.24) is 0 Å². The molecule has 0 heterocycles. The lowest BCUT2D eigenvalue weighted by molar-refractivity contribution is -0.145. The Morgan fingerprint density at radius 2 is 1.94 bits per heavy atom. The average molecular weight is 236 g/mol. The number of benzene rings is 1.